The number of nitrogens with zero attached hydrogens (tertiary/aromatic N) is 2. The van der Waals surface area contributed by atoms with Gasteiger partial charge in [0.05, 0.1) is 12.6 Å². The minimum Gasteiger partial charge on any atom is -0.385 e. The molecule has 1 aromatic rings. The maximum atomic E-state index is 12.1. The van der Waals surface area contributed by atoms with Crippen LogP contribution in [0.25, 0.3) is 6.08 Å². The van der Waals surface area contributed by atoms with Crippen molar-refractivity contribution >= 4 is 12.0 Å². The Labute approximate surface area is 144 Å². The molecule has 0 saturated carbocycles. The van der Waals surface area contributed by atoms with Crippen LogP contribution in [0.4, 0.5) is 0 Å². The molecule has 0 saturated heterocycles. The Bertz CT molecular complexity index is 626. The van der Waals surface area contributed by atoms with Gasteiger partial charge in [-0.1, -0.05) is 0 Å². The van der Waals surface area contributed by atoms with Crippen LogP contribution in [0.5, 0.6) is 0 Å². The average Bonchev–Trinajstić information content (AvgIpc) is 2.83. The fraction of sp³-hybridized carbons (Fsp3) is 0.556. The summed E-state index contributed by atoms with van der Waals surface area (Å²) >= 11 is 0. The smallest absolute Gasteiger partial charge is 0.261 e. The van der Waals surface area contributed by atoms with Gasteiger partial charge in [0, 0.05) is 38.8 Å². The zero-order valence-electron chi connectivity index (χ0n) is 15.2. The average molecular weight is 333 g/mol. The molecule has 0 aliphatic heterocycles. The number of methoxy groups -OCH3 is 2. The number of aryl methyl sites for hydroxylation is 1. The maximum Gasteiger partial charge on any atom is 0.261 e. The zero-order valence-corrected chi connectivity index (χ0v) is 15.2. The lowest BCUT2D eigenvalue weighted by molar-refractivity contribution is -0.117. The standard InChI is InChI=1S/C18H27N3O3/c1-13-9-16(15(3)21(13)14(2)12-24-5)10-17(11-19)18(22)20-7-6-8-23-4/h9-10,14H,6-8,12H2,1-5H3,(H,20,22)/b17-10+. The van der Waals surface area contributed by atoms with Crippen LogP contribution in [0.1, 0.15) is 36.3 Å². The molecule has 24 heavy (non-hydrogen) atoms. The molecule has 0 radical (unpaired) electrons. The zero-order chi connectivity index (χ0) is 18.1. The van der Waals surface area contributed by atoms with Crippen molar-refractivity contribution in [2.24, 2.45) is 0 Å². The second-order valence-electron chi connectivity index (χ2n) is 5.77. The maximum absolute atomic E-state index is 12.1. The first-order chi connectivity index (χ1) is 11.5. The van der Waals surface area contributed by atoms with Crippen molar-refractivity contribution in [3.63, 3.8) is 0 Å². The number of rotatable bonds is 9. The van der Waals surface area contributed by atoms with Crippen molar-refractivity contribution in [2.45, 2.75) is 33.2 Å². The summed E-state index contributed by atoms with van der Waals surface area (Å²) in [6.07, 6.45) is 2.36. The summed E-state index contributed by atoms with van der Waals surface area (Å²) in [4.78, 5) is 12.1. The first-order valence-electron chi connectivity index (χ1n) is 8.02. The van der Waals surface area contributed by atoms with Gasteiger partial charge < -0.3 is 19.4 Å². The van der Waals surface area contributed by atoms with Gasteiger partial charge in [-0.2, -0.15) is 5.26 Å². The molecular weight excluding hydrogens is 306 g/mol. The molecule has 1 N–H and O–H groups in total. The van der Waals surface area contributed by atoms with Crippen LogP contribution < -0.4 is 5.32 Å². The van der Waals surface area contributed by atoms with Gasteiger partial charge in [-0.05, 0) is 44.9 Å². The monoisotopic (exact) mass is 333 g/mol. The van der Waals surface area contributed by atoms with Crippen molar-refractivity contribution in [3.8, 4) is 6.07 Å². The van der Waals surface area contributed by atoms with E-state index in [2.05, 4.69) is 16.8 Å². The van der Waals surface area contributed by atoms with E-state index in [0.717, 1.165) is 17.0 Å². The van der Waals surface area contributed by atoms with Crippen LogP contribution in [0.15, 0.2) is 11.6 Å². The molecule has 6 nitrogen and oxygen atoms in total. The largest absolute Gasteiger partial charge is 0.385 e. The third-order valence-corrected chi connectivity index (χ3v) is 3.85. The molecule has 6 heteroatoms. The topological polar surface area (TPSA) is 76.3 Å². The Kier molecular flexibility index (Phi) is 8.24. The van der Waals surface area contributed by atoms with Gasteiger partial charge in [-0.25, -0.2) is 0 Å². The van der Waals surface area contributed by atoms with E-state index in [4.69, 9.17) is 9.47 Å². The summed E-state index contributed by atoms with van der Waals surface area (Å²) in [5.41, 5.74) is 3.06. The SMILES string of the molecule is COCCCNC(=O)/C(C#N)=C/c1cc(C)n(C(C)COC)c1C. The molecule has 132 valence electrons. The summed E-state index contributed by atoms with van der Waals surface area (Å²) in [6.45, 7) is 7.72. The highest BCUT2D eigenvalue weighted by atomic mass is 16.5. The van der Waals surface area contributed by atoms with Gasteiger partial charge in [-0.15, -0.1) is 0 Å². The van der Waals surface area contributed by atoms with Crippen molar-refractivity contribution in [2.75, 3.05) is 34.0 Å². The lowest BCUT2D eigenvalue weighted by atomic mass is 10.1. The van der Waals surface area contributed by atoms with E-state index < -0.39 is 0 Å². The molecule has 0 spiro atoms. The Morgan fingerprint density at radius 2 is 2.12 bits per heavy atom. The first kappa shape index (κ1) is 19.9. The summed E-state index contributed by atoms with van der Waals surface area (Å²) < 4.78 is 12.3. The lowest BCUT2D eigenvalue weighted by Crippen LogP contribution is -2.26. The number of amides is 1. The Hall–Kier alpha value is -2.10. The molecule has 0 fully saturated rings. The predicted molar refractivity (Wildman–Crippen MR) is 93.6 cm³/mol. The third kappa shape index (κ3) is 5.22. The second kappa shape index (κ2) is 9.91. The minimum atomic E-state index is -0.358. The number of nitrogens with one attached hydrogen (secondary N) is 1. The van der Waals surface area contributed by atoms with Gasteiger partial charge in [0.25, 0.3) is 5.91 Å². The first-order valence-corrected chi connectivity index (χ1v) is 8.02. The molecule has 0 aliphatic carbocycles. The minimum absolute atomic E-state index is 0.104. The fourth-order valence-electron chi connectivity index (χ4n) is 2.76. The van der Waals surface area contributed by atoms with Gasteiger partial charge in [0.1, 0.15) is 11.6 Å². The number of hydrogen-bond donors (Lipinski definition) is 1. The van der Waals surface area contributed by atoms with Crippen molar-refractivity contribution in [1.82, 2.24) is 9.88 Å². The van der Waals surface area contributed by atoms with Crippen LogP contribution in [0.2, 0.25) is 0 Å². The van der Waals surface area contributed by atoms with E-state index in [1.54, 1.807) is 20.3 Å². The van der Waals surface area contributed by atoms with E-state index in [9.17, 15) is 10.1 Å². The van der Waals surface area contributed by atoms with Crippen molar-refractivity contribution < 1.29 is 14.3 Å². The summed E-state index contributed by atoms with van der Waals surface area (Å²) in [5, 5.41) is 12.0. The van der Waals surface area contributed by atoms with E-state index in [0.29, 0.717) is 26.2 Å². The number of nitriles is 1. The quantitative estimate of drug-likeness (QED) is 0.428. The molecule has 1 heterocycles. The van der Waals surface area contributed by atoms with Gasteiger partial charge in [0.2, 0.25) is 0 Å². The van der Waals surface area contributed by atoms with E-state index >= 15 is 0 Å². The third-order valence-electron chi connectivity index (χ3n) is 3.85. The summed E-state index contributed by atoms with van der Waals surface area (Å²) in [5.74, 6) is -0.358. The van der Waals surface area contributed by atoms with Gasteiger partial charge >= 0.3 is 0 Å². The molecule has 0 aliphatic rings. The van der Waals surface area contributed by atoms with Crippen LogP contribution in [0.3, 0.4) is 0 Å². The highest BCUT2D eigenvalue weighted by Gasteiger charge is 2.15. The van der Waals surface area contributed by atoms with Crippen molar-refractivity contribution in [3.05, 3.63) is 28.6 Å². The number of carbonyl (C=O) groups is 1. The van der Waals surface area contributed by atoms with E-state index in [1.807, 2.05) is 26.0 Å². The molecular formula is C18H27N3O3. The van der Waals surface area contributed by atoms with Crippen LogP contribution >= 0.6 is 0 Å². The number of aromatic nitrogens is 1. The number of hydrogen-bond acceptors (Lipinski definition) is 4. The number of ether oxygens (including phenoxy) is 2. The lowest BCUT2D eigenvalue weighted by Gasteiger charge is -2.17. The Morgan fingerprint density at radius 3 is 2.71 bits per heavy atom. The molecule has 1 aromatic heterocycles. The second-order valence-corrected chi connectivity index (χ2v) is 5.77. The Balaban J connectivity index is 2.95. The normalized spacial score (nSPS) is 12.8. The summed E-state index contributed by atoms with van der Waals surface area (Å²) in [7, 11) is 3.29. The van der Waals surface area contributed by atoms with Crippen molar-refractivity contribution in [1.29, 1.82) is 5.26 Å². The van der Waals surface area contributed by atoms with Gasteiger partial charge in [-0.3, -0.25) is 4.79 Å². The van der Waals surface area contributed by atoms with E-state index in [-0.39, 0.29) is 17.5 Å². The fourth-order valence-corrected chi connectivity index (χ4v) is 2.76. The molecule has 0 aromatic carbocycles. The van der Waals surface area contributed by atoms with Gasteiger partial charge in [0.15, 0.2) is 0 Å². The van der Waals surface area contributed by atoms with Crippen LogP contribution in [-0.2, 0) is 14.3 Å². The summed E-state index contributed by atoms with van der Waals surface area (Å²) in [6, 6.07) is 4.15. The number of carbonyl (C=O) groups excluding carboxylic acids is 1. The molecule has 1 amide bonds. The molecule has 0 bridgehead atoms. The highest BCUT2D eigenvalue weighted by molar-refractivity contribution is 6.01. The molecule has 1 unspecified atom stereocenters. The molecule has 1 rings (SSSR count). The van der Waals surface area contributed by atoms with Crippen LogP contribution in [0, 0.1) is 25.2 Å². The predicted octanol–water partition coefficient (Wildman–Crippen LogP) is 2.37. The van der Waals surface area contributed by atoms with E-state index in [1.165, 1.54) is 0 Å². The van der Waals surface area contributed by atoms with Crippen LogP contribution in [-0.4, -0.2) is 44.5 Å². The Morgan fingerprint density at radius 1 is 1.42 bits per heavy atom. The highest BCUT2D eigenvalue weighted by Crippen LogP contribution is 2.22. The molecule has 1 atom stereocenters.